The molecule has 19 heavy (non-hydrogen) atoms. The third kappa shape index (κ3) is 3.93. The van der Waals surface area contributed by atoms with Crippen molar-refractivity contribution in [2.75, 3.05) is 5.32 Å². The Bertz CT molecular complexity index is 442. The van der Waals surface area contributed by atoms with E-state index in [4.69, 9.17) is 11.6 Å². The van der Waals surface area contributed by atoms with Gasteiger partial charge in [-0.1, -0.05) is 40.5 Å². The van der Waals surface area contributed by atoms with Crippen molar-refractivity contribution >= 4 is 33.3 Å². The summed E-state index contributed by atoms with van der Waals surface area (Å²) >= 11 is 9.65. The lowest BCUT2D eigenvalue weighted by Gasteiger charge is -2.28. The van der Waals surface area contributed by atoms with Crippen LogP contribution in [-0.2, 0) is 6.42 Å². The lowest BCUT2D eigenvalue weighted by Crippen LogP contribution is -2.26. The first-order chi connectivity index (χ1) is 9.24. The fourth-order valence-electron chi connectivity index (χ4n) is 2.51. The maximum Gasteiger partial charge on any atom is 0.148 e. The molecule has 104 valence electrons. The highest BCUT2D eigenvalue weighted by molar-refractivity contribution is 9.11. The predicted molar refractivity (Wildman–Crippen MR) is 83.9 cm³/mol. The third-order valence-electron chi connectivity index (χ3n) is 3.65. The number of aromatic nitrogens is 2. The van der Waals surface area contributed by atoms with Crippen LogP contribution in [0.15, 0.2) is 17.4 Å². The van der Waals surface area contributed by atoms with Crippen molar-refractivity contribution in [1.82, 2.24) is 9.97 Å². The second-order valence-electron chi connectivity index (χ2n) is 4.91. The van der Waals surface area contributed by atoms with Gasteiger partial charge in [-0.05, 0) is 43.0 Å². The van der Waals surface area contributed by atoms with Gasteiger partial charge in [-0.15, -0.1) is 0 Å². The molecular formula is C14H19BrClN3. The van der Waals surface area contributed by atoms with Gasteiger partial charge in [0.05, 0.1) is 5.69 Å². The molecule has 5 heteroatoms. The number of anilines is 1. The Balaban J connectivity index is 1.96. The molecule has 0 atom stereocenters. The molecule has 0 unspecified atom stereocenters. The van der Waals surface area contributed by atoms with Crippen molar-refractivity contribution in [1.29, 1.82) is 0 Å². The normalized spacial score (nSPS) is 23.7. The largest absolute Gasteiger partial charge is 0.366 e. The number of hydrogen-bond acceptors (Lipinski definition) is 3. The molecule has 0 radical (unpaired) electrons. The minimum atomic E-state index is 0.470. The molecule has 1 N–H and O–H groups in total. The van der Waals surface area contributed by atoms with Crippen molar-refractivity contribution in [2.45, 2.75) is 45.1 Å². The van der Waals surface area contributed by atoms with E-state index in [9.17, 15) is 0 Å². The van der Waals surface area contributed by atoms with Gasteiger partial charge in [-0.25, -0.2) is 9.97 Å². The smallest absolute Gasteiger partial charge is 0.148 e. The van der Waals surface area contributed by atoms with Gasteiger partial charge >= 0.3 is 0 Å². The fourth-order valence-corrected chi connectivity index (χ4v) is 3.22. The van der Waals surface area contributed by atoms with E-state index in [1.54, 1.807) is 6.33 Å². The number of halogens is 2. The number of hydrogen-bond donors (Lipinski definition) is 1. The summed E-state index contributed by atoms with van der Waals surface area (Å²) in [7, 11) is 0. The molecule has 1 aliphatic rings. The van der Waals surface area contributed by atoms with Gasteiger partial charge in [0.2, 0.25) is 0 Å². The molecule has 0 saturated heterocycles. The molecule has 0 amide bonds. The lowest BCUT2D eigenvalue weighted by molar-refractivity contribution is 0.390. The number of rotatable bonds is 4. The zero-order valence-electron chi connectivity index (χ0n) is 11.1. The minimum Gasteiger partial charge on any atom is -0.366 e. The quantitative estimate of drug-likeness (QED) is 0.869. The minimum absolute atomic E-state index is 0.470. The van der Waals surface area contributed by atoms with Gasteiger partial charge in [0.25, 0.3) is 0 Å². The van der Waals surface area contributed by atoms with Gasteiger partial charge in [-0.2, -0.15) is 0 Å². The highest BCUT2D eigenvalue weighted by Crippen LogP contribution is 2.29. The summed E-state index contributed by atoms with van der Waals surface area (Å²) in [5.74, 6) is 1.48. The third-order valence-corrected chi connectivity index (χ3v) is 4.36. The second-order valence-corrected chi connectivity index (χ2v) is 5.82. The summed E-state index contributed by atoms with van der Waals surface area (Å²) in [5, 5.41) is 4.14. The highest BCUT2D eigenvalue weighted by Gasteiger charge is 2.20. The number of aryl methyl sites for hydroxylation is 1. The molecule has 0 spiro atoms. The SMILES string of the molecule is CCc1ncnc(N[C@H]2CC[C@@H](C=CBr)CC2)c1Cl. The topological polar surface area (TPSA) is 37.8 Å². The maximum atomic E-state index is 6.30. The summed E-state index contributed by atoms with van der Waals surface area (Å²) in [6, 6.07) is 0.470. The van der Waals surface area contributed by atoms with Crippen LogP contribution in [-0.4, -0.2) is 16.0 Å². The van der Waals surface area contributed by atoms with Crippen LogP contribution < -0.4 is 5.32 Å². The van der Waals surface area contributed by atoms with Crippen LogP contribution in [0.4, 0.5) is 5.82 Å². The first-order valence-electron chi connectivity index (χ1n) is 6.77. The zero-order valence-corrected chi connectivity index (χ0v) is 13.4. The van der Waals surface area contributed by atoms with Gasteiger partial charge in [-0.3, -0.25) is 0 Å². The Kier molecular flexibility index (Phi) is 5.64. The van der Waals surface area contributed by atoms with Crippen molar-refractivity contribution in [3.05, 3.63) is 28.1 Å². The van der Waals surface area contributed by atoms with E-state index in [1.165, 1.54) is 12.8 Å². The van der Waals surface area contributed by atoms with Crippen molar-refractivity contribution in [3.63, 3.8) is 0 Å². The second kappa shape index (κ2) is 7.25. The molecule has 3 nitrogen and oxygen atoms in total. The van der Waals surface area contributed by atoms with Crippen LogP contribution in [0.1, 0.15) is 38.3 Å². The Morgan fingerprint density at radius 2 is 2.11 bits per heavy atom. The number of allylic oxidation sites excluding steroid dienone is 1. The molecule has 1 heterocycles. The fraction of sp³-hybridized carbons (Fsp3) is 0.571. The molecule has 0 bridgehead atoms. The molecule has 2 rings (SSSR count). The Morgan fingerprint density at radius 3 is 2.74 bits per heavy atom. The van der Waals surface area contributed by atoms with Crippen LogP contribution in [0.2, 0.25) is 5.02 Å². The van der Waals surface area contributed by atoms with Crippen molar-refractivity contribution in [3.8, 4) is 0 Å². The highest BCUT2D eigenvalue weighted by atomic mass is 79.9. The summed E-state index contributed by atoms with van der Waals surface area (Å²) in [4.78, 5) is 10.4. The standard InChI is InChI=1S/C14H19BrClN3/c1-2-12-13(16)14(18-9-17-12)19-11-5-3-10(4-6-11)7-8-15/h7-11H,2-6H2,1H3,(H,17,18,19)/t10-,11+. The van der Waals surface area contributed by atoms with E-state index in [0.717, 1.165) is 30.8 Å². The van der Waals surface area contributed by atoms with E-state index in [-0.39, 0.29) is 0 Å². The summed E-state index contributed by atoms with van der Waals surface area (Å²) in [6.45, 7) is 2.05. The maximum absolute atomic E-state index is 6.30. The van der Waals surface area contributed by atoms with Crippen LogP contribution in [0.5, 0.6) is 0 Å². The van der Waals surface area contributed by atoms with E-state index >= 15 is 0 Å². The first-order valence-corrected chi connectivity index (χ1v) is 8.06. The molecule has 1 aliphatic carbocycles. The lowest BCUT2D eigenvalue weighted by atomic mass is 9.86. The molecule has 0 aliphatic heterocycles. The molecule has 1 fully saturated rings. The summed E-state index contributed by atoms with van der Waals surface area (Å²) in [5.41, 5.74) is 0.912. The number of nitrogens with zero attached hydrogens (tertiary/aromatic N) is 2. The predicted octanol–water partition coefficient (Wildman–Crippen LogP) is 4.57. The van der Waals surface area contributed by atoms with Crippen LogP contribution in [0, 0.1) is 5.92 Å². The van der Waals surface area contributed by atoms with Gasteiger partial charge in [0.15, 0.2) is 0 Å². The van der Waals surface area contributed by atoms with E-state index < -0.39 is 0 Å². The molecule has 0 aromatic carbocycles. The van der Waals surface area contributed by atoms with E-state index in [0.29, 0.717) is 17.0 Å². The van der Waals surface area contributed by atoms with Crippen LogP contribution >= 0.6 is 27.5 Å². The number of nitrogens with one attached hydrogen (secondary N) is 1. The van der Waals surface area contributed by atoms with Crippen LogP contribution in [0.3, 0.4) is 0 Å². The summed E-state index contributed by atoms with van der Waals surface area (Å²) < 4.78 is 0. The van der Waals surface area contributed by atoms with Crippen LogP contribution in [0.25, 0.3) is 0 Å². The van der Waals surface area contributed by atoms with Crippen molar-refractivity contribution < 1.29 is 0 Å². The Hall–Kier alpha value is -0.610. The van der Waals surface area contributed by atoms with Gasteiger partial charge in [0.1, 0.15) is 17.2 Å². The van der Waals surface area contributed by atoms with Crippen molar-refractivity contribution in [2.24, 2.45) is 5.92 Å². The van der Waals surface area contributed by atoms with Gasteiger partial charge in [0, 0.05) is 6.04 Å². The Morgan fingerprint density at radius 1 is 1.37 bits per heavy atom. The molecule has 1 saturated carbocycles. The molecule has 1 aromatic heterocycles. The van der Waals surface area contributed by atoms with E-state index in [2.05, 4.69) is 44.2 Å². The first kappa shape index (κ1) is 14.8. The molecule has 1 aromatic rings. The molecular weight excluding hydrogens is 326 g/mol. The monoisotopic (exact) mass is 343 g/mol. The van der Waals surface area contributed by atoms with E-state index in [1.807, 2.05) is 4.99 Å². The van der Waals surface area contributed by atoms with Gasteiger partial charge < -0.3 is 5.32 Å². The average molecular weight is 345 g/mol. The zero-order chi connectivity index (χ0) is 13.7. The summed E-state index contributed by atoms with van der Waals surface area (Å²) in [6.07, 6.45) is 9.40. The Labute approximate surface area is 128 Å². The average Bonchev–Trinajstić information content (AvgIpc) is 2.43.